The average molecular weight is 266 g/mol. The van der Waals surface area contributed by atoms with Crippen LogP contribution in [0.15, 0.2) is 21.2 Å². The minimum absolute atomic E-state index is 0.123. The SMILES string of the molecule is O=C1C(Cl)=CC(Cl)(Cl)C(Cl)=C1Cl. The molecule has 0 aliphatic heterocycles. The molecule has 66 valence electrons. The van der Waals surface area contributed by atoms with E-state index in [-0.39, 0.29) is 15.1 Å². The Balaban J connectivity index is 3.24. The predicted molar refractivity (Wildman–Crippen MR) is 52.1 cm³/mol. The van der Waals surface area contributed by atoms with Crippen molar-refractivity contribution < 1.29 is 4.79 Å². The summed E-state index contributed by atoms with van der Waals surface area (Å²) < 4.78 is -1.50. The smallest absolute Gasteiger partial charge is 0.216 e. The Labute approximate surface area is 93.9 Å². The van der Waals surface area contributed by atoms with E-state index in [1.54, 1.807) is 0 Å². The molecular weight excluding hydrogens is 265 g/mol. The highest BCUT2D eigenvalue weighted by Gasteiger charge is 2.36. The molecule has 6 heteroatoms. The van der Waals surface area contributed by atoms with Crippen molar-refractivity contribution in [1.82, 2.24) is 0 Å². The molecule has 0 saturated heterocycles. The second kappa shape index (κ2) is 3.39. The van der Waals surface area contributed by atoms with Gasteiger partial charge < -0.3 is 0 Å². The standard InChI is InChI=1S/C6HCl5O/c7-2-1-6(10,11)5(9)3(8)4(2)12/h1H. The Kier molecular flexibility index (Phi) is 3.02. The summed E-state index contributed by atoms with van der Waals surface area (Å²) in [4.78, 5) is 11.0. The zero-order chi connectivity index (χ0) is 9.52. The van der Waals surface area contributed by atoms with Gasteiger partial charge in [0.1, 0.15) is 5.03 Å². The molecule has 0 atom stereocenters. The third-order valence-corrected chi connectivity index (χ3v) is 3.22. The number of allylic oxidation sites excluding steroid dienone is 4. The van der Waals surface area contributed by atoms with Crippen LogP contribution in [0.3, 0.4) is 0 Å². The van der Waals surface area contributed by atoms with Gasteiger partial charge in [-0.2, -0.15) is 0 Å². The monoisotopic (exact) mass is 264 g/mol. The van der Waals surface area contributed by atoms with Crippen LogP contribution in [0.5, 0.6) is 0 Å². The molecule has 0 bridgehead atoms. The molecule has 0 aromatic carbocycles. The van der Waals surface area contributed by atoms with Crippen LogP contribution in [0.25, 0.3) is 0 Å². The normalized spacial score (nSPS) is 22.8. The van der Waals surface area contributed by atoms with Gasteiger partial charge in [0.25, 0.3) is 0 Å². The number of hydrogen-bond acceptors (Lipinski definition) is 1. The minimum atomic E-state index is -1.50. The average Bonchev–Trinajstić information content (AvgIpc) is 1.97. The first-order valence-electron chi connectivity index (χ1n) is 2.73. The van der Waals surface area contributed by atoms with Gasteiger partial charge in [0.05, 0.1) is 10.1 Å². The van der Waals surface area contributed by atoms with Crippen molar-refractivity contribution in [2.45, 2.75) is 4.33 Å². The molecule has 0 radical (unpaired) electrons. The Morgan fingerprint density at radius 3 is 2.17 bits per heavy atom. The largest absolute Gasteiger partial charge is 0.287 e. The van der Waals surface area contributed by atoms with Crippen molar-refractivity contribution in [3.8, 4) is 0 Å². The zero-order valence-electron chi connectivity index (χ0n) is 5.38. The fourth-order valence-corrected chi connectivity index (χ4v) is 1.95. The van der Waals surface area contributed by atoms with E-state index in [1.807, 2.05) is 0 Å². The molecule has 1 rings (SSSR count). The topological polar surface area (TPSA) is 17.1 Å². The van der Waals surface area contributed by atoms with Gasteiger partial charge in [-0.1, -0.05) is 58.0 Å². The van der Waals surface area contributed by atoms with Crippen molar-refractivity contribution in [1.29, 1.82) is 0 Å². The molecule has 0 fully saturated rings. The van der Waals surface area contributed by atoms with E-state index >= 15 is 0 Å². The van der Waals surface area contributed by atoms with Crippen molar-refractivity contribution in [3.63, 3.8) is 0 Å². The van der Waals surface area contributed by atoms with Crippen LogP contribution in [0.4, 0.5) is 0 Å². The van der Waals surface area contributed by atoms with Gasteiger partial charge in [0.15, 0.2) is 4.33 Å². The van der Waals surface area contributed by atoms with E-state index in [1.165, 1.54) is 0 Å². The molecule has 0 aromatic heterocycles. The number of hydrogen-bond donors (Lipinski definition) is 0. The molecule has 0 unspecified atom stereocenters. The van der Waals surface area contributed by atoms with Crippen molar-refractivity contribution in [3.05, 3.63) is 21.2 Å². The van der Waals surface area contributed by atoms with Gasteiger partial charge in [0, 0.05) is 0 Å². The van der Waals surface area contributed by atoms with E-state index in [4.69, 9.17) is 58.0 Å². The van der Waals surface area contributed by atoms with Crippen LogP contribution < -0.4 is 0 Å². The fraction of sp³-hybridized carbons (Fsp3) is 0.167. The first kappa shape index (κ1) is 10.7. The van der Waals surface area contributed by atoms with Crippen LogP contribution in [0.2, 0.25) is 0 Å². The van der Waals surface area contributed by atoms with Crippen molar-refractivity contribution >= 4 is 63.8 Å². The van der Waals surface area contributed by atoms with Crippen LogP contribution in [0.1, 0.15) is 0 Å². The van der Waals surface area contributed by atoms with Crippen LogP contribution >= 0.6 is 58.0 Å². The van der Waals surface area contributed by atoms with Gasteiger partial charge >= 0.3 is 0 Å². The summed E-state index contributed by atoms with van der Waals surface area (Å²) in [7, 11) is 0. The highest BCUT2D eigenvalue weighted by molar-refractivity contribution is 6.65. The highest BCUT2D eigenvalue weighted by Crippen LogP contribution is 2.43. The quantitative estimate of drug-likeness (QED) is 0.613. The van der Waals surface area contributed by atoms with E-state index in [0.717, 1.165) is 6.08 Å². The van der Waals surface area contributed by atoms with Crippen LogP contribution in [-0.2, 0) is 4.79 Å². The maximum absolute atomic E-state index is 11.0. The van der Waals surface area contributed by atoms with Gasteiger partial charge in [-0.15, -0.1) is 0 Å². The minimum Gasteiger partial charge on any atom is -0.287 e. The lowest BCUT2D eigenvalue weighted by atomic mass is 10.2. The van der Waals surface area contributed by atoms with E-state index in [0.29, 0.717) is 0 Å². The number of halogens is 5. The second-order valence-corrected chi connectivity index (χ2v) is 4.62. The summed E-state index contributed by atoms with van der Waals surface area (Å²) in [6.45, 7) is 0. The van der Waals surface area contributed by atoms with E-state index in [2.05, 4.69) is 0 Å². The highest BCUT2D eigenvalue weighted by atomic mass is 35.5. The molecule has 0 saturated carbocycles. The molecular formula is C6HCl5O. The number of carbonyl (C=O) groups is 1. The number of ketones is 1. The Morgan fingerprint density at radius 1 is 1.17 bits per heavy atom. The first-order valence-corrected chi connectivity index (χ1v) is 4.62. The molecule has 1 aliphatic rings. The molecule has 0 aromatic rings. The number of rotatable bonds is 0. The third kappa shape index (κ3) is 1.75. The van der Waals surface area contributed by atoms with Crippen LogP contribution in [-0.4, -0.2) is 10.1 Å². The molecule has 0 spiro atoms. The summed E-state index contributed by atoms with van der Waals surface area (Å²) in [5, 5.41) is -0.495. The van der Waals surface area contributed by atoms with Gasteiger partial charge in [0.2, 0.25) is 5.78 Å². The van der Waals surface area contributed by atoms with Gasteiger partial charge in [-0.25, -0.2) is 0 Å². The summed E-state index contributed by atoms with van der Waals surface area (Å²) in [5.74, 6) is -0.569. The molecule has 0 N–H and O–H groups in total. The molecule has 1 nitrogen and oxygen atoms in total. The third-order valence-electron chi connectivity index (χ3n) is 1.21. The second-order valence-electron chi connectivity index (χ2n) is 2.07. The van der Waals surface area contributed by atoms with E-state index < -0.39 is 10.1 Å². The lowest BCUT2D eigenvalue weighted by molar-refractivity contribution is -0.111. The molecule has 0 amide bonds. The van der Waals surface area contributed by atoms with Crippen LogP contribution in [0, 0.1) is 0 Å². The van der Waals surface area contributed by atoms with Crippen molar-refractivity contribution in [2.24, 2.45) is 0 Å². The summed E-state index contributed by atoms with van der Waals surface area (Å²) >= 11 is 27.9. The maximum Gasteiger partial charge on any atom is 0.216 e. The summed E-state index contributed by atoms with van der Waals surface area (Å²) in [5.41, 5.74) is 0. The first-order chi connectivity index (χ1) is 5.36. The zero-order valence-corrected chi connectivity index (χ0v) is 9.16. The molecule has 1 aliphatic carbocycles. The van der Waals surface area contributed by atoms with Gasteiger partial charge in [-0.05, 0) is 6.08 Å². The Bertz CT molecular complexity index is 301. The van der Waals surface area contributed by atoms with Gasteiger partial charge in [-0.3, -0.25) is 4.79 Å². The van der Waals surface area contributed by atoms with Crippen molar-refractivity contribution in [2.75, 3.05) is 0 Å². The number of Topliss-reactive ketones (excluding diaryl/α,β-unsaturated/α-hetero) is 1. The lowest BCUT2D eigenvalue weighted by Crippen LogP contribution is -2.19. The summed E-state index contributed by atoms with van der Waals surface area (Å²) in [6.07, 6.45) is 1.13. The van der Waals surface area contributed by atoms with E-state index in [9.17, 15) is 4.79 Å². The maximum atomic E-state index is 11.0. The number of alkyl halides is 2. The Morgan fingerprint density at radius 2 is 1.67 bits per heavy atom. The molecule has 12 heavy (non-hydrogen) atoms. The lowest BCUT2D eigenvalue weighted by Gasteiger charge is -2.19. The molecule has 0 heterocycles. The summed E-state index contributed by atoms with van der Waals surface area (Å²) in [6, 6.07) is 0. The predicted octanol–water partition coefficient (Wildman–Crippen LogP) is 3.55. The number of carbonyl (C=O) groups excluding carboxylic acids is 1. The Hall–Kier alpha value is 0.600. The fourth-order valence-electron chi connectivity index (χ4n) is 0.639.